The van der Waals surface area contributed by atoms with Crippen molar-refractivity contribution in [1.82, 2.24) is 9.88 Å². The molecule has 0 amide bonds. The summed E-state index contributed by atoms with van der Waals surface area (Å²) in [6.07, 6.45) is 3.58. The van der Waals surface area contributed by atoms with E-state index in [-0.39, 0.29) is 12.6 Å². The molecule has 2 rings (SSSR count). The van der Waals surface area contributed by atoms with Gasteiger partial charge >= 0.3 is 5.97 Å². The molecule has 1 saturated heterocycles. The van der Waals surface area contributed by atoms with Gasteiger partial charge in [-0.3, -0.25) is 9.88 Å². The van der Waals surface area contributed by atoms with Crippen molar-refractivity contribution in [2.24, 2.45) is 5.92 Å². The van der Waals surface area contributed by atoms with E-state index in [9.17, 15) is 4.79 Å². The first kappa shape index (κ1) is 14.0. The van der Waals surface area contributed by atoms with E-state index in [1.807, 2.05) is 6.07 Å². The zero-order chi connectivity index (χ0) is 13.7. The molecule has 1 aromatic rings. The van der Waals surface area contributed by atoms with Crippen LogP contribution in [-0.4, -0.2) is 47.8 Å². The van der Waals surface area contributed by atoms with Crippen LogP contribution in [0, 0.1) is 5.92 Å². The van der Waals surface area contributed by atoms with E-state index >= 15 is 0 Å². The predicted molar refractivity (Wildman–Crippen MR) is 70.7 cm³/mol. The Morgan fingerprint density at radius 2 is 2.42 bits per heavy atom. The Morgan fingerprint density at radius 3 is 3.05 bits per heavy atom. The molecule has 1 unspecified atom stereocenters. The fourth-order valence-electron chi connectivity index (χ4n) is 2.46. The lowest BCUT2D eigenvalue weighted by Crippen LogP contribution is -2.21. The van der Waals surface area contributed by atoms with Crippen molar-refractivity contribution >= 4 is 5.97 Å². The van der Waals surface area contributed by atoms with Gasteiger partial charge in [0.15, 0.2) is 0 Å². The van der Waals surface area contributed by atoms with Gasteiger partial charge in [-0.25, -0.2) is 4.79 Å². The van der Waals surface area contributed by atoms with Crippen molar-refractivity contribution in [3.05, 3.63) is 29.6 Å². The zero-order valence-corrected chi connectivity index (χ0v) is 11.2. The average molecular weight is 264 g/mol. The second kappa shape index (κ2) is 6.63. The smallest absolute Gasteiger partial charge is 0.339 e. The molecule has 0 aliphatic carbocycles. The molecule has 0 saturated carbocycles. The van der Waals surface area contributed by atoms with Crippen LogP contribution >= 0.6 is 0 Å². The first-order valence-corrected chi connectivity index (χ1v) is 6.59. The summed E-state index contributed by atoms with van der Waals surface area (Å²) in [6.45, 7) is 3.13. The lowest BCUT2D eigenvalue weighted by Gasteiger charge is -2.15. The van der Waals surface area contributed by atoms with Gasteiger partial charge in [0.2, 0.25) is 0 Å². The predicted octanol–water partition coefficient (Wildman–Crippen LogP) is 1.07. The van der Waals surface area contributed by atoms with Crippen molar-refractivity contribution in [2.45, 2.75) is 19.4 Å². The fraction of sp³-hybridized carbons (Fsp3) is 0.571. The monoisotopic (exact) mass is 264 g/mol. The highest BCUT2D eigenvalue weighted by Crippen LogP contribution is 2.20. The summed E-state index contributed by atoms with van der Waals surface area (Å²) in [7, 11) is 1.36. The quantitative estimate of drug-likeness (QED) is 0.806. The number of hydrogen-bond donors (Lipinski definition) is 1. The molecule has 2 heterocycles. The number of ether oxygens (including phenoxy) is 1. The number of pyridine rings is 1. The van der Waals surface area contributed by atoms with Crippen LogP contribution < -0.4 is 0 Å². The number of esters is 1. The zero-order valence-electron chi connectivity index (χ0n) is 11.2. The summed E-state index contributed by atoms with van der Waals surface area (Å²) in [6, 6.07) is 3.61. The van der Waals surface area contributed by atoms with Crippen LogP contribution in [0.15, 0.2) is 18.3 Å². The standard InChI is InChI=1S/C14H20N2O3/c1-19-14(18)12-2-3-13(15-8-12)10-16-6-4-11(9-16)5-7-17/h2-3,8,11,17H,4-7,9-10H2,1H3. The maximum atomic E-state index is 11.3. The highest BCUT2D eigenvalue weighted by molar-refractivity contribution is 5.88. The number of carbonyl (C=O) groups excluding carboxylic acids is 1. The van der Waals surface area contributed by atoms with Crippen LogP contribution in [0.4, 0.5) is 0 Å². The highest BCUT2D eigenvalue weighted by Gasteiger charge is 2.22. The van der Waals surface area contributed by atoms with Crippen LogP contribution in [0.25, 0.3) is 0 Å². The van der Waals surface area contributed by atoms with Crippen LogP contribution in [0.3, 0.4) is 0 Å². The van der Waals surface area contributed by atoms with Crippen molar-refractivity contribution < 1.29 is 14.6 Å². The van der Waals surface area contributed by atoms with Crippen LogP contribution in [0.5, 0.6) is 0 Å². The Hall–Kier alpha value is -1.46. The van der Waals surface area contributed by atoms with E-state index in [0.29, 0.717) is 11.5 Å². The van der Waals surface area contributed by atoms with Gasteiger partial charge in [0.25, 0.3) is 0 Å². The average Bonchev–Trinajstić information content (AvgIpc) is 2.86. The molecule has 0 radical (unpaired) electrons. The van der Waals surface area contributed by atoms with Crippen molar-refractivity contribution in [3.63, 3.8) is 0 Å². The normalized spacial score (nSPS) is 19.6. The number of aliphatic hydroxyl groups excluding tert-OH is 1. The second-order valence-corrected chi connectivity index (χ2v) is 4.93. The topological polar surface area (TPSA) is 62.7 Å². The Morgan fingerprint density at radius 1 is 1.58 bits per heavy atom. The molecule has 104 valence electrons. The minimum atomic E-state index is -0.358. The Bertz CT molecular complexity index is 419. The third kappa shape index (κ3) is 3.75. The summed E-state index contributed by atoms with van der Waals surface area (Å²) in [5.41, 5.74) is 1.43. The number of aromatic nitrogens is 1. The van der Waals surface area contributed by atoms with Gasteiger partial charge in [-0.05, 0) is 37.4 Å². The Balaban J connectivity index is 1.88. The largest absolute Gasteiger partial charge is 0.465 e. The summed E-state index contributed by atoms with van der Waals surface area (Å²) < 4.78 is 4.64. The van der Waals surface area contributed by atoms with Gasteiger partial charge < -0.3 is 9.84 Å². The van der Waals surface area contributed by atoms with Crippen molar-refractivity contribution in [1.29, 1.82) is 0 Å². The molecule has 0 spiro atoms. The van der Waals surface area contributed by atoms with E-state index in [2.05, 4.69) is 14.6 Å². The summed E-state index contributed by atoms with van der Waals surface area (Å²) in [4.78, 5) is 17.9. The molecule has 5 heteroatoms. The molecule has 1 N–H and O–H groups in total. The van der Waals surface area contributed by atoms with Gasteiger partial charge in [-0.2, -0.15) is 0 Å². The molecule has 1 fully saturated rings. The molecule has 1 aliphatic heterocycles. The van der Waals surface area contributed by atoms with E-state index in [1.54, 1.807) is 12.3 Å². The molecule has 5 nitrogen and oxygen atoms in total. The number of rotatable bonds is 5. The van der Waals surface area contributed by atoms with Crippen LogP contribution in [-0.2, 0) is 11.3 Å². The van der Waals surface area contributed by atoms with E-state index in [1.165, 1.54) is 7.11 Å². The third-order valence-electron chi connectivity index (χ3n) is 3.54. The van der Waals surface area contributed by atoms with Gasteiger partial charge in [-0.15, -0.1) is 0 Å². The number of likely N-dealkylation sites (tertiary alicyclic amines) is 1. The molecule has 1 aliphatic rings. The van der Waals surface area contributed by atoms with Crippen LogP contribution in [0.2, 0.25) is 0 Å². The minimum Gasteiger partial charge on any atom is -0.465 e. The number of nitrogens with zero attached hydrogens (tertiary/aromatic N) is 2. The lowest BCUT2D eigenvalue weighted by molar-refractivity contribution is 0.0600. The summed E-state index contributed by atoms with van der Waals surface area (Å²) in [5, 5.41) is 8.93. The fourth-order valence-corrected chi connectivity index (χ4v) is 2.46. The minimum absolute atomic E-state index is 0.268. The molecule has 1 atom stereocenters. The Kier molecular flexibility index (Phi) is 4.87. The van der Waals surface area contributed by atoms with Gasteiger partial charge in [0, 0.05) is 25.9 Å². The number of aliphatic hydroxyl groups is 1. The number of hydrogen-bond acceptors (Lipinski definition) is 5. The molecular weight excluding hydrogens is 244 g/mol. The summed E-state index contributed by atoms with van der Waals surface area (Å²) >= 11 is 0. The van der Waals surface area contributed by atoms with Gasteiger partial charge in [0.05, 0.1) is 18.4 Å². The van der Waals surface area contributed by atoms with Crippen LogP contribution in [0.1, 0.15) is 28.9 Å². The molecule has 1 aromatic heterocycles. The molecule has 0 aromatic carbocycles. The SMILES string of the molecule is COC(=O)c1ccc(CN2CCC(CCO)C2)nc1. The van der Waals surface area contributed by atoms with Crippen molar-refractivity contribution in [2.75, 3.05) is 26.8 Å². The first-order chi connectivity index (χ1) is 9.22. The Labute approximate surface area is 113 Å². The molecular formula is C14H20N2O3. The second-order valence-electron chi connectivity index (χ2n) is 4.93. The number of carbonyl (C=O) groups is 1. The van der Waals surface area contributed by atoms with Gasteiger partial charge in [0.1, 0.15) is 0 Å². The lowest BCUT2D eigenvalue weighted by atomic mass is 10.1. The first-order valence-electron chi connectivity index (χ1n) is 6.59. The third-order valence-corrected chi connectivity index (χ3v) is 3.54. The molecule has 19 heavy (non-hydrogen) atoms. The van der Waals surface area contributed by atoms with E-state index in [4.69, 9.17) is 5.11 Å². The highest BCUT2D eigenvalue weighted by atomic mass is 16.5. The maximum Gasteiger partial charge on any atom is 0.339 e. The van der Waals surface area contributed by atoms with Crippen molar-refractivity contribution in [3.8, 4) is 0 Å². The molecule has 0 bridgehead atoms. The maximum absolute atomic E-state index is 11.3. The number of methoxy groups -OCH3 is 1. The summed E-state index contributed by atoms with van der Waals surface area (Å²) in [5.74, 6) is 0.238. The van der Waals surface area contributed by atoms with Gasteiger partial charge in [-0.1, -0.05) is 0 Å². The van der Waals surface area contributed by atoms with E-state index < -0.39 is 0 Å². The van der Waals surface area contributed by atoms with E-state index in [0.717, 1.165) is 38.2 Å².